The summed E-state index contributed by atoms with van der Waals surface area (Å²) in [6.07, 6.45) is 0.716. The number of benzene rings is 1. The second kappa shape index (κ2) is 4.86. The van der Waals surface area contributed by atoms with Crippen LogP contribution in [0.3, 0.4) is 0 Å². The molecule has 0 spiro atoms. The van der Waals surface area contributed by atoms with Gasteiger partial charge >= 0.3 is 0 Å². The summed E-state index contributed by atoms with van der Waals surface area (Å²) in [6.45, 7) is 2.50. The Hall–Kier alpha value is -1.39. The molecule has 5 heteroatoms. The number of hydrogen-bond donors (Lipinski definition) is 1. The number of carbonyl (C=O) groups is 2. The van der Waals surface area contributed by atoms with Crippen molar-refractivity contribution in [1.29, 1.82) is 0 Å². The lowest BCUT2D eigenvalue weighted by Crippen LogP contribution is -2.43. The van der Waals surface area contributed by atoms with Gasteiger partial charge in [0.25, 0.3) is 0 Å². The van der Waals surface area contributed by atoms with Gasteiger partial charge in [0.05, 0.1) is 6.61 Å². The highest BCUT2D eigenvalue weighted by Gasteiger charge is 2.59. The van der Waals surface area contributed by atoms with E-state index in [4.69, 9.17) is 16.3 Å². The summed E-state index contributed by atoms with van der Waals surface area (Å²) in [5.74, 6) is -0.830. The molecule has 106 valence electrons. The molecule has 3 rings (SSSR count). The molecule has 2 heterocycles. The van der Waals surface area contributed by atoms with Crippen LogP contribution in [0.15, 0.2) is 24.3 Å². The Labute approximate surface area is 122 Å². The van der Waals surface area contributed by atoms with E-state index in [9.17, 15) is 9.59 Å². The summed E-state index contributed by atoms with van der Waals surface area (Å²) in [6, 6.07) is 6.79. The Balaban J connectivity index is 1.95. The van der Waals surface area contributed by atoms with Crippen LogP contribution in [-0.4, -0.2) is 29.9 Å². The fraction of sp³-hybridized carbons (Fsp3) is 0.467. The van der Waals surface area contributed by atoms with Crippen LogP contribution in [0.5, 0.6) is 0 Å². The number of nitrogens with one attached hydrogen (secondary N) is 1. The molecule has 4 nitrogen and oxygen atoms in total. The van der Waals surface area contributed by atoms with E-state index in [1.165, 1.54) is 0 Å². The number of rotatable bonds is 4. The summed E-state index contributed by atoms with van der Waals surface area (Å²) in [5.41, 5.74) is 1.04. The molecular formula is C15H16ClNO3. The average Bonchev–Trinajstić information content (AvgIpc) is 3.20. The first-order valence-corrected chi connectivity index (χ1v) is 7.28. The van der Waals surface area contributed by atoms with Gasteiger partial charge in [0.2, 0.25) is 5.91 Å². The molecule has 2 saturated heterocycles. The number of alkyl halides is 1. The Morgan fingerprint density at radius 3 is 2.70 bits per heavy atom. The van der Waals surface area contributed by atoms with E-state index < -0.39 is 17.6 Å². The van der Waals surface area contributed by atoms with Crippen molar-refractivity contribution in [1.82, 2.24) is 5.32 Å². The van der Waals surface area contributed by atoms with Gasteiger partial charge in [-0.3, -0.25) is 9.59 Å². The molecule has 0 aliphatic carbocycles. The molecular weight excluding hydrogens is 278 g/mol. The minimum atomic E-state index is -0.762. The Morgan fingerprint density at radius 2 is 2.10 bits per heavy atom. The lowest BCUT2D eigenvalue weighted by molar-refractivity contribution is -0.124. The van der Waals surface area contributed by atoms with Gasteiger partial charge in [-0.1, -0.05) is 31.2 Å². The van der Waals surface area contributed by atoms with Crippen molar-refractivity contribution in [3.63, 3.8) is 0 Å². The molecule has 2 fully saturated rings. The van der Waals surface area contributed by atoms with Crippen LogP contribution >= 0.6 is 11.6 Å². The molecule has 2 aliphatic heterocycles. The average molecular weight is 294 g/mol. The molecule has 0 aromatic heterocycles. The molecule has 2 aliphatic rings. The number of ether oxygens (including phenoxy) is 1. The van der Waals surface area contributed by atoms with Crippen LogP contribution in [0.25, 0.3) is 0 Å². The van der Waals surface area contributed by atoms with Crippen molar-refractivity contribution in [2.75, 3.05) is 6.61 Å². The molecule has 3 atom stereocenters. The molecule has 0 saturated carbocycles. The SMILES string of the molecule is CCC1(C2NC(=O)C(c3ccccc3CCl)C2=O)CO1. The predicted molar refractivity (Wildman–Crippen MR) is 74.7 cm³/mol. The summed E-state index contributed by atoms with van der Waals surface area (Å²) in [4.78, 5) is 24.8. The zero-order valence-corrected chi connectivity index (χ0v) is 11.9. The maximum absolute atomic E-state index is 12.6. The van der Waals surface area contributed by atoms with Gasteiger partial charge in [0.1, 0.15) is 17.6 Å². The summed E-state index contributed by atoms with van der Waals surface area (Å²) >= 11 is 5.90. The Kier molecular flexibility index (Phi) is 3.30. The van der Waals surface area contributed by atoms with E-state index in [1.807, 2.05) is 25.1 Å². The molecule has 0 bridgehead atoms. The van der Waals surface area contributed by atoms with Crippen molar-refractivity contribution >= 4 is 23.3 Å². The van der Waals surface area contributed by atoms with Crippen LogP contribution in [0.2, 0.25) is 0 Å². The second-order valence-corrected chi connectivity index (χ2v) is 5.58. The summed E-state index contributed by atoms with van der Waals surface area (Å²) in [7, 11) is 0. The van der Waals surface area contributed by atoms with Crippen molar-refractivity contribution in [3.05, 3.63) is 35.4 Å². The van der Waals surface area contributed by atoms with Gasteiger partial charge in [0, 0.05) is 5.88 Å². The first-order valence-electron chi connectivity index (χ1n) is 6.75. The van der Waals surface area contributed by atoms with Gasteiger partial charge in [-0.2, -0.15) is 0 Å². The highest BCUT2D eigenvalue weighted by Crippen LogP contribution is 2.40. The van der Waals surface area contributed by atoms with Crippen LogP contribution in [0, 0.1) is 0 Å². The summed E-state index contributed by atoms with van der Waals surface area (Å²) < 4.78 is 5.43. The van der Waals surface area contributed by atoms with Crippen molar-refractivity contribution in [2.24, 2.45) is 0 Å². The third-order valence-electron chi connectivity index (χ3n) is 4.27. The van der Waals surface area contributed by atoms with E-state index in [1.54, 1.807) is 6.07 Å². The predicted octanol–water partition coefficient (Wildman–Crippen LogP) is 1.76. The van der Waals surface area contributed by atoms with E-state index in [-0.39, 0.29) is 17.6 Å². The number of halogens is 1. The van der Waals surface area contributed by atoms with Crippen molar-refractivity contribution < 1.29 is 14.3 Å². The van der Waals surface area contributed by atoms with Gasteiger partial charge < -0.3 is 10.1 Å². The maximum Gasteiger partial charge on any atom is 0.235 e. The van der Waals surface area contributed by atoms with Gasteiger partial charge in [-0.15, -0.1) is 11.6 Å². The van der Waals surface area contributed by atoms with Crippen LogP contribution in [0.4, 0.5) is 0 Å². The standard InChI is InChI=1S/C15H16ClNO3/c1-2-15(8-20-15)13-12(18)11(14(19)17-13)10-6-4-3-5-9(10)7-16/h3-6,11,13H,2,7-8H2,1H3,(H,17,19). The van der Waals surface area contributed by atoms with Crippen LogP contribution in [0.1, 0.15) is 30.4 Å². The highest BCUT2D eigenvalue weighted by molar-refractivity contribution is 6.18. The van der Waals surface area contributed by atoms with E-state index in [0.717, 1.165) is 5.56 Å². The summed E-state index contributed by atoms with van der Waals surface area (Å²) in [5, 5.41) is 2.80. The number of amides is 1. The first-order chi connectivity index (χ1) is 9.63. The maximum atomic E-state index is 12.6. The van der Waals surface area contributed by atoms with Gasteiger partial charge in [-0.05, 0) is 17.5 Å². The van der Waals surface area contributed by atoms with Gasteiger partial charge in [-0.25, -0.2) is 0 Å². The quantitative estimate of drug-likeness (QED) is 0.523. The third-order valence-corrected chi connectivity index (χ3v) is 4.56. The van der Waals surface area contributed by atoms with Crippen LogP contribution < -0.4 is 5.32 Å². The first kappa shape index (κ1) is 13.6. The molecule has 1 aromatic carbocycles. The Bertz CT molecular complexity index is 568. The largest absolute Gasteiger partial charge is 0.367 e. The third kappa shape index (κ3) is 1.95. The zero-order chi connectivity index (χ0) is 14.3. The van der Waals surface area contributed by atoms with E-state index in [0.29, 0.717) is 18.6 Å². The molecule has 1 aromatic rings. The highest BCUT2D eigenvalue weighted by atomic mass is 35.5. The minimum absolute atomic E-state index is 0.105. The molecule has 0 radical (unpaired) electrons. The van der Waals surface area contributed by atoms with Crippen molar-refractivity contribution in [2.45, 2.75) is 36.8 Å². The monoisotopic (exact) mass is 293 g/mol. The Morgan fingerprint density at radius 1 is 1.40 bits per heavy atom. The molecule has 1 amide bonds. The molecule has 1 N–H and O–H groups in total. The fourth-order valence-electron chi connectivity index (χ4n) is 2.88. The smallest absolute Gasteiger partial charge is 0.235 e. The fourth-order valence-corrected chi connectivity index (χ4v) is 3.13. The number of carbonyl (C=O) groups excluding carboxylic acids is 2. The topological polar surface area (TPSA) is 58.7 Å². The lowest BCUT2D eigenvalue weighted by Gasteiger charge is -2.16. The van der Waals surface area contributed by atoms with E-state index >= 15 is 0 Å². The number of hydrogen-bond acceptors (Lipinski definition) is 3. The minimum Gasteiger partial charge on any atom is -0.367 e. The number of ketones is 1. The molecule has 20 heavy (non-hydrogen) atoms. The number of epoxide rings is 1. The van der Waals surface area contributed by atoms with E-state index in [2.05, 4.69) is 5.32 Å². The normalized spacial score (nSPS) is 32.3. The number of Topliss-reactive ketones (excluding diaryl/α,β-unsaturated/α-hetero) is 1. The van der Waals surface area contributed by atoms with Crippen molar-refractivity contribution in [3.8, 4) is 0 Å². The molecule has 3 unspecified atom stereocenters. The zero-order valence-electron chi connectivity index (χ0n) is 11.2. The second-order valence-electron chi connectivity index (χ2n) is 5.32. The van der Waals surface area contributed by atoms with Crippen LogP contribution in [-0.2, 0) is 20.2 Å². The lowest BCUT2D eigenvalue weighted by atomic mass is 9.87. The van der Waals surface area contributed by atoms with Gasteiger partial charge in [0.15, 0.2) is 5.78 Å².